The molecule has 1 amide bonds. The first-order valence-corrected chi connectivity index (χ1v) is 9.35. The van der Waals surface area contributed by atoms with Gasteiger partial charge in [-0.05, 0) is 30.7 Å². The molecule has 2 aromatic rings. The van der Waals surface area contributed by atoms with Crippen LogP contribution in [0.1, 0.15) is 28.8 Å². The van der Waals surface area contributed by atoms with Crippen molar-refractivity contribution in [2.24, 2.45) is 0 Å². The highest BCUT2D eigenvalue weighted by Crippen LogP contribution is 2.31. The fourth-order valence-corrected chi connectivity index (χ4v) is 3.64. The quantitative estimate of drug-likeness (QED) is 0.870. The van der Waals surface area contributed by atoms with E-state index in [1.54, 1.807) is 23.4 Å². The number of carbonyl (C=O) groups excluding carboxylic acids is 1. The van der Waals surface area contributed by atoms with Crippen molar-refractivity contribution in [3.05, 3.63) is 46.7 Å². The third-order valence-corrected chi connectivity index (χ3v) is 5.19. The minimum Gasteiger partial charge on any atom is -0.347 e. The molecule has 27 heavy (non-hydrogen) atoms. The molecule has 0 aliphatic carbocycles. The zero-order chi connectivity index (χ0) is 18.9. The van der Waals surface area contributed by atoms with Gasteiger partial charge in [0, 0.05) is 49.0 Å². The second kappa shape index (κ2) is 7.42. The van der Waals surface area contributed by atoms with E-state index in [0.717, 1.165) is 11.3 Å². The fraction of sp³-hybridized carbons (Fsp3) is 0.421. The highest BCUT2D eigenvalue weighted by molar-refractivity contribution is 6.30. The normalized spacial score (nSPS) is 18.7. The predicted octanol–water partition coefficient (Wildman–Crippen LogP) is 3.16. The molecule has 0 atom stereocenters. The van der Waals surface area contributed by atoms with Crippen molar-refractivity contribution in [2.75, 3.05) is 31.6 Å². The van der Waals surface area contributed by atoms with E-state index in [0.29, 0.717) is 55.7 Å². The summed E-state index contributed by atoms with van der Waals surface area (Å²) in [7, 11) is 0. The second-order valence-electron chi connectivity index (χ2n) is 6.78. The van der Waals surface area contributed by atoms with Crippen molar-refractivity contribution in [2.45, 2.75) is 25.6 Å². The van der Waals surface area contributed by atoms with Crippen molar-refractivity contribution < 1.29 is 14.3 Å². The lowest BCUT2D eigenvalue weighted by atomic mass is 10.0. The third kappa shape index (κ3) is 3.90. The molecule has 3 heterocycles. The molecule has 4 rings (SSSR count). The molecular formula is C19H21ClN4O3. The van der Waals surface area contributed by atoms with Crippen molar-refractivity contribution in [3.63, 3.8) is 0 Å². The van der Waals surface area contributed by atoms with Gasteiger partial charge in [0.1, 0.15) is 0 Å². The lowest BCUT2D eigenvalue weighted by molar-refractivity contribution is -0.181. The standard InChI is InChI=1S/C19H21ClN4O3/c1-13-10-15(20)2-3-16(13)23-18-21-11-14(12-22-18)17(25)24-6-4-19(5-7-24)26-8-9-27-19/h2-3,10-12H,4-9H2,1H3,(H,21,22,23). The highest BCUT2D eigenvalue weighted by atomic mass is 35.5. The topological polar surface area (TPSA) is 76.6 Å². The molecule has 1 N–H and O–H groups in total. The first-order chi connectivity index (χ1) is 13.0. The average molecular weight is 389 g/mol. The molecular weight excluding hydrogens is 368 g/mol. The number of amides is 1. The summed E-state index contributed by atoms with van der Waals surface area (Å²) in [6.45, 7) is 4.41. The number of piperidine rings is 1. The van der Waals surface area contributed by atoms with Crippen LogP contribution < -0.4 is 5.32 Å². The van der Waals surface area contributed by atoms with Crippen LogP contribution in [-0.4, -0.2) is 52.9 Å². The summed E-state index contributed by atoms with van der Waals surface area (Å²) < 4.78 is 11.4. The van der Waals surface area contributed by atoms with Gasteiger partial charge in [-0.15, -0.1) is 0 Å². The lowest BCUT2D eigenvalue weighted by Crippen LogP contribution is -2.47. The molecule has 2 aliphatic heterocycles. The maximum Gasteiger partial charge on any atom is 0.256 e. The van der Waals surface area contributed by atoms with Crippen molar-refractivity contribution in [3.8, 4) is 0 Å². The van der Waals surface area contributed by atoms with Crippen LogP contribution in [0, 0.1) is 6.92 Å². The Bertz CT molecular complexity index is 827. The van der Waals surface area contributed by atoms with E-state index in [-0.39, 0.29) is 5.91 Å². The first-order valence-electron chi connectivity index (χ1n) is 8.97. The summed E-state index contributed by atoms with van der Waals surface area (Å²) in [4.78, 5) is 23.0. The Hall–Kier alpha value is -2.22. The zero-order valence-electron chi connectivity index (χ0n) is 15.1. The zero-order valence-corrected chi connectivity index (χ0v) is 15.8. The van der Waals surface area contributed by atoms with Gasteiger partial charge in [-0.1, -0.05) is 11.6 Å². The Labute approximate surface area is 162 Å². The van der Waals surface area contributed by atoms with Gasteiger partial charge in [0.25, 0.3) is 5.91 Å². The molecule has 1 spiro atoms. The molecule has 0 unspecified atom stereocenters. The number of anilines is 2. The molecule has 2 saturated heterocycles. The summed E-state index contributed by atoms with van der Waals surface area (Å²) in [6.07, 6.45) is 4.48. The van der Waals surface area contributed by atoms with Crippen LogP contribution in [0.15, 0.2) is 30.6 Å². The predicted molar refractivity (Wildman–Crippen MR) is 101 cm³/mol. The summed E-state index contributed by atoms with van der Waals surface area (Å²) >= 11 is 5.97. The van der Waals surface area contributed by atoms with E-state index >= 15 is 0 Å². The van der Waals surface area contributed by atoms with Gasteiger partial charge in [0.2, 0.25) is 5.95 Å². The van der Waals surface area contributed by atoms with Crippen LogP contribution in [0.3, 0.4) is 0 Å². The van der Waals surface area contributed by atoms with Gasteiger partial charge < -0.3 is 19.7 Å². The lowest BCUT2D eigenvalue weighted by Gasteiger charge is -2.37. The van der Waals surface area contributed by atoms with Crippen molar-refractivity contribution in [1.29, 1.82) is 0 Å². The van der Waals surface area contributed by atoms with E-state index in [4.69, 9.17) is 21.1 Å². The van der Waals surface area contributed by atoms with E-state index in [2.05, 4.69) is 15.3 Å². The summed E-state index contributed by atoms with van der Waals surface area (Å²) in [5.74, 6) is -0.128. The van der Waals surface area contributed by atoms with E-state index in [9.17, 15) is 4.79 Å². The number of aryl methyl sites for hydroxylation is 1. The van der Waals surface area contributed by atoms with Crippen molar-refractivity contribution in [1.82, 2.24) is 14.9 Å². The van der Waals surface area contributed by atoms with Gasteiger partial charge in [0.05, 0.1) is 18.8 Å². The van der Waals surface area contributed by atoms with Crippen LogP contribution in [0.2, 0.25) is 5.02 Å². The molecule has 1 aromatic heterocycles. The third-order valence-electron chi connectivity index (χ3n) is 4.96. The Kier molecular flexibility index (Phi) is 4.99. The van der Waals surface area contributed by atoms with Crippen LogP contribution in [0.25, 0.3) is 0 Å². The highest BCUT2D eigenvalue weighted by Gasteiger charge is 2.40. The van der Waals surface area contributed by atoms with Crippen molar-refractivity contribution >= 4 is 29.1 Å². The largest absolute Gasteiger partial charge is 0.347 e. The number of hydrogen-bond donors (Lipinski definition) is 1. The molecule has 1 aromatic carbocycles. The van der Waals surface area contributed by atoms with Crippen LogP contribution in [0.4, 0.5) is 11.6 Å². The monoisotopic (exact) mass is 388 g/mol. The van der Waals surface area contributed by atoms with Gasteiger partial charge in [-0.2, -0.15) is 0 Å². The number of aromatic nitrogens is 2. The number of carbonyl (C=O) groups is 1. The molecule has 0 radical (unpaired) electrons. The molecule has 0 saturated carbocycles. The number of nitrogens with zero attached hydrogens (tertiary/aromatic N) is 3. The summed E-state index contributed by atoms with van der Waals surface area (Å²) in [5.41, 5.74) is 2.33. The van der Waals surface area contributed by atoms with E-state index < -0.39 is 5.79 Å². The van der Waals surface area contributed by atoms with Crippen LogP contribution >= 0.6 is 11.6 Å². The number of likely N-dealkylation sites (tertiary alicyclic amines) is 1. The number of rotatable bonds is 3. The van der Waals surface area contributed by atoms with Gasteiger partial charge in [-0.25, -0.2) is 9.97 Å². The molecule has 2 aliphatic rings. The maximum absolute atomic E-state index is 12.7. The molecule has 2 fully saturated rings. The van der Waals surface area contributed by atoms with Gasteiger partial charge in [-0.3, -0.25) is 4.79 Å². The van der Waals surface area contributed by atoms with Gasteiger partial charge >= 0.3 is 0 Å². The second-order valence-corrected chi connectivity index (χ2v) is 7.22. The number of ether oxygens (including phenoxy) is 2. The summed E-state index contributed by atoms with van der Waals surface area (Å²) in [5, 5.41) is 3.82. The minimum absolute atomic E-state index is 0.0722. The van der Waals surface area contributed by atoms with Crippen LogP contribution in [0.5, 0.6) is 0 Å². The SMILES string of the molecule is Cc1cc(Cl)ccc1Nc1ncc(C(=O)N2CCC3(CC2)OCCO3)cn1. The average Bonchev–Trinajstić information content (AvgIpc) is 3.13. The fourth-order valence-electron chi connectivity index (χ4n) is 3.41. The maximum atomic E-state index is 12.7. The number of benzene rings is 1. The summed E-state index contributed by atoms with van der Waals surface area (Å²) in [6, 6.07) is 5.54. The Balaban J connectivity index is 1.39. The smallest absolute Gasteiger partial charge is 0.256 e. The van der Waals surface area contributed by atoms with Gasteiger partial charge in [0.15, 0.2) is 5.79 Å². The van der Waals surface area contributed by atoms with Crippen LogP contribution in [-0.2, 0) is 9.47 Å². The molecule has 142 valence electrons. The Morgan fingerprint density at radius 3 is 2.48 bits per heavy atom. The number of hydrogen-bond acceptors (Lipinski definition) is 6. The molecule has 8 heteroatoms. The first kappa shape index (κ1) is 18.2. The molecule has 0 bridgehead atoms. The van der Waals surface area contributed by atoms with E-state index in [1.165, 1.54) is 0 Å². The van der Waals surface area contributed by atoms with E-state index in [1.807, 2.05) is 19.1 Å². The number of nitrogens with one attached hydrogen (secondary N) is 1. The Morgan fingerprint density at radius 1 is 1.19 bits per heavy atom. The molecule has 7 nitrogen and oxygen atoms in total. The Morgan fingerprint density at radius 2 is 1.85 bits per heavy atom. The number of halogens is 1. The minimum atomic E-state index is -0.489.